The second-order valence-electron chi connectivity index (χ2n) is 5.22. The summed E-state index contributed by atoms with van der Waals surface area (Å²) in [6, 6.07) is 0.439. The van der Waals surface area contributed by atoms with Crippen molar-refractivity contribution in [2.45, 2.75) is 51.4 Å². The summed E-state index contributed by atoms with van der Waals surface area (Å²) in [5, 5.41) is 0. The molecule has 0 atom stereocenters. The van der Waals surface area contributed by atoms with E-state index >= 15 is 0 Å². The van der Waals surface area contributed by atoms with E-state index in [0.717, 1.165) is 25.6 Å². The minimum Gasteiger partial charge on any atom is -0.358 e. The molecule has 3 nitrogen and oxygen atoms in total. The Bertz CT molecular complexity index is 168. The first-order valence-electron chi connectivity index (χ1n) is 6.23. The van der Waals surface area contributed by atoms with Gasteiger partial charge in [-0.25, -0.2) is 0 Å². The minimum absolute atomic E-state index is 0. The average Bonchev–Trinajstić information content (AvgIpc) is 2.25. The van der Waals surface area contributed by atoms with Crippen LogP contribution in [0.3, 0.4) is 0 Å². The molecule has 17 heavy (non-hydrogen) atoms. The van der Waals surface area contributed by atoms with Gasteiger partial charge >= 0.3 is 68.9 Å². The van der Waals surface area contributed by atoms with Gasteiger partial charge in [-0.3, -0.25) is 0 Å². The molecule has 2 N–H and O–H groups in total. The van der Waals surface area contributed by atoms with Gasteiger partial charge in [-0.2, -0.15) is 0 Å². The van der Waals surface area contributed by atoms with E-state index in [4.69, 9.17) is 15.2 Å². The molecule has 1 aliphatic heterocycles. The van der Waals surface area contributed by atoms with Crippen LogP contribution in [0, 0.1) is 19.3 Å². The van der Waals surface area contributed by atoms with E-state index in [1.165, 1.54) is 25.7 Å². The van der Waals surface area contributed by atoms with E-state index < -0.39 is 0 Å². The van der Waals surface area contributed by atoms with Gasteiger partial charge in [0.1, 0.15) is 0 Å². The Morgan fingerprint density at radius 3 is 2.12 bits per heavy atom. The molecule has 0 amide bonds. The predicted octanol–water partition coefficient (Wildman–Crippen LogP) is -0.643. The molecule has 0 aromatic heterocycles. The summed E-state index contributed by atoms with van der Waals surface area (Å²) < 4.78 is 11.3. The van der Waals surface area contributed by atoms with E-state index in [-0.39, 0.29) is 82.6 Å². The van der Waals surface area contributed by atoms with Crippen LogP contribution in [-0.4, -0.2) is 25.5 Å². The molecule has 1 aliphatic carbocycles. The van der Waals surface area contributed by atoms with Crippen LogP contribution < -0.4 is 74.6 Å². The molecule has 0 bridgehead atoms. The van der Waals surface area contributed by atoms with Crippen LogP contribution in [0.5, 0.6) is 0 Å². The Morgan fingerprint density at radius 1 is 1.06 bits per heavy atom. The van der Waals surface area contributed by atoms with Crippen LogP contribution in [0.25, 0.3) is 0 Å². The normalized spacial score (nSPS) is 37.8. The van der Waals surface area contributed by atoms with Crippen LogP contribution in [0.15, 0.2) is 0 Å². The van der Waals surface area contributed by atoms with Crippen molar-refractivity contribution in [2.24, 2.45) is 17.6 Å². The SMILES string of the molecule is CC1COC(CC2CCC(N)CC2)OC1.[CH3-].[Cs+]. The standard InChI is InChI=1S/C12H23NO2.CH3.Cs/c1-9-7-14-12(15-8-9)6-10-2-4-11(13)5-3-10;;/h9-12H,2-8,13H2,1H3;1H3;/q;-1;+1. The molecule has 2 fully saturated rings. The second-order valence-corrected chi connectivity index (χ2v) is 5.22. The molecular formula is C13H26CsNO2. The summed E-state index contributed by atoms with van der Waals surface area (Å²) in [5.41, 5.74) is 5.89. The van der Waals surface area contributed by atoms with E-state index in [0.29, 0.717) is 12.0 Å². The molecule has 96 valence electrons. The number of nitrogens with two attached hydrogens (primary N) is 1. The Balaban J connectivity index is 0.00000128. The fraction of sp³-hybridized carbons (Fsp3) is 0.923. The van der Waals surface area contributed by atoms with Crippen molar-refractivity contribution < 1.29 is 78.4 Å². The predicted molar refractivity (Wildman–Crippen MR) is 65.8 cm³/mol. The van der Waals surface area contributed by atoms with Gasteiger partial charge in [0, 0.05) is 18.4 Å². The number of rotatable bonds is 2. The molecule has 1 saturated heterocycles. The van der Waals surface area contributed by atoms with E-state index in [1.807, 2.05) is 0 Å². The first-order chi connectivity index (χ1) is 7.24. The third kappa shape index (κ3) is 6.77. The number of hydrogen-bond acceptors (Lipinski definition) is 3. The Morgan fingerprint density at radius 2 is 1.59 bits per heavy atom. The zero-order valence-electron chi connectivity index (χ0n) is 11.7. The monoisotopic (exact) mass is 361 g/mol. The van der Waals surface area contributed by atoms with Gasteiger partial charge in [0.25, 0.3) is 0 Å². The largest absolute Gasteiger partial charge is 1.00 e. The molecule has 0 aromatic rings. The van der Waals surface area contributed by atoms with Crippen molar-refractivity contribution in [3.63, 3.8) is 0 Å². The van der Waals surface area contributed by atoms with Crippen molar-refractivity contribution in [3.05, 3.63) is 7.43 Å². The summed E-state index contributed by atoms with van der Waals surface area (Å²) in [6.07, 6.45) is 5.97. The molecule has 2 rings (SSSR count). The third-order valence-corrected chi connectivity index (χ3v) is 3.55. The first-order valence-corrected chi connectivity index (χ1v) is 6.23. The molecule has 2 aliphatic rings. The molecule has 0 radical (unpaired) electrons. The van der Waals surface area contributed by atoms with Crippen molar-refractivity contribution in [1.82, 2.24) is 0 Å². The van der Waals surface area contributed by atoms with E-state index in [2.05, 4.69) is 6.92 Å². The molecule has 1 saturated carbocycles. The van der Waals surface area contributed by atoms with Crippen LogP contribution in [0.4, 0.5) is 0 Å². The Hall–Kier alpha value is 1.93. The van der Waals surface area contributed by atoms with Crippen molar-refractivity contribution >= 4 is 0 Å². The van der Waals surface area contributed by atoms with E-state index in [1.54, 1.807) is 0 Å². The van der Waals surface area contributed by atoms with Crippen LogP contribution in [-0.2, 0) is 9.47 Å². The maximum absolute atomic E-state index is 5.89. The topological polar surface area (TPSA) is 44.5 Å². The number of ether oxygens (including phenoxy) is 2. The molecule has 0 unspecified atom stereocenters. The van der Waals surface area contributed by atoms with Gasteiger partial charge in [0.2, 0.25) is 0 Å². The molecule has 4 heteroatoms. The molecule has 0 spiro atoms. The van der Waals surface area contributed by atoms with Gasteiger partial charge in [0.15, 0.2) is 6.29 Å². The molecule has 0 aromatic carbocycles. The second kappa shape index (κ2) is 9.78. The third-order valence-electron chi connectivity index (χ3n) is 3.55. The molecule has 1 heterocycles. The van der Waals surface area contributed by atoms with Crippen LogP contribution >= 0.6 is 0 Å². The molecular weight excluding hydrogens is 335 g/mol. The fourth-order valence-electron chi connectivity index (χ4n) is 2.47. The first kappa shape index (κ1) is 18.9. The van der Waals surface area contributed by atoms with Crippen LogP contribution in [0.1, 0.15) is 39.0 Å². The van der Waals surface area contributed by atoms with Gasteiger partial charge in [-0.1, -0.05) is 6.92 Å². The summed E-state index contributed by atoms with van der Waals surface area (Å²) in [6.45, 7) is 3.88. The van der Waals surface area contributed by atoms with Gasteiger partial charge in [-0.05, 0) is 31.6 Å². The average molecular weight is 361 g/mol. The summed E-state index contributed by atoms with van der Waals surface area (Å²) in [4.78, 5) is 0. The summed E-state index contributed by atoms with van der Waals surface area (Å²) in [5.74, 6) is 1.32. The Labute approximate surface area is 165 Å². The minimum atomic E-state index is 0. The zero-order chi connectivity index (χ0) is 10.7. The maximum atomic E-state index is 5.89. The maximum Gasteiger partial charge on any atom is 1.00 e. The smallest absolute Gasteiger partial charge is 0.358 e. The van der Waals surface area contributed by atoms with Crippen molar-refractivity contribution in [1.29, 1.82) is 0 Å². The van der Waals surface area contributed by atoms with Crippen molar-refractivity contribution in [3.8, 4) is 0 Å². The van der Waals surface area contributed by atoms with Gasteiger partial charge < -0.3 is 22.6 Å². The Kier molecular flexibility index (Phi) is 10.9. The van der Waals surface area contributed by atoms with Crippen molar-refractivity contribution in [2.75, 3.05) is 13.2 Å². The zero-order valence-corrected chi connectivity index (χ0v) is 17.9. The fourth-order valence-corrected chi connectivity index (χ4v) is 2.47. The summed E-state index contributed by atoms with van der Waals surface area (Å²) in [7, 11) is 0. The van der Waals surface area contributed by atoms with Crippen LogP contribution in [0.2, 0.25) is 0 Å². The van der Waals surface area contributed by atoms with Gasteiger partial charge in [-0.15, -0.1) is 0 Å². The summed E-state index contributed by atoms with van der Waals surface area (Å²) >= 11 is 0. The van der Waals surface area contributed by atoms with E-state index in [9.17, 15) is 0 Å². The van der Waals surface area contributed by atoms with Gasteiger partial charge in [0.05, 0.1) is 13.2 Å². The quantitative estimate of drug-likeness (QED) is 0.666. The number of hydrogen-bond donors (Lipinski definition) is 1.